The quantitative estimate of drug-likeness (QED) is 0.331. The lowest BCUT2D eigenvalue weighted by atomic mass is 9.85. The lowest BCUT2D eigenvalue weighted by molar-refractivity contribution is -0.384. The van der Waals surface area contributed by atoms with Gasteiger partial charge in [0.25, 0.3) is 11.6 Å². The highest BCUT2D eigenvalue weighted by atomic mass is 16.6. The van der Waals surface area contributed by atoms with Crippen molar-refractivity contribution < 1.29 is 28.8 Å². The SMILES string of the molecule is COc1ccc(C(=O)C[C@@H](c2ccc([N+](=O)[O-])cc2)[C@H]2C=CC(=O)N2C(=O)OC(C)(C)C)cc1. The Bertz CT molecular complexity index is 1120. The lowest BCUT2D eigenvalue weighted by Gasteiger charge is -2.32. The summed E-state index contributed by atoms with van der Waals surface area (Å²) in [6, 6.07) is 11.5. The highest BCUT2D eigenvalue weighted by Gasteiger charge is 2.40. The topological polar surface area (TPSA) is 116 Å². The van der Waals surface area contributed by atoms with E-state index < -0.39 is 34.5 Å². The number of hydrogen-bond donors (Lipinski definition) is 0. The molecule has 34 heavy (non-hydrogen) atoms. The molecule has 9 heteroatoms. The number of ether oxygens (including phenoxy) is 2. The number of non-ortho nitro benzene ring substituents is 1. The van der Waals surface area contributed by atoms with E-state index in [2.05, 4.69) is 0 Å². The summed E-state index contributed by atoms with van der Waals surface area (Å²) in [5.74, 6) is -0.819. The number of ketones is 1. The highest BCUT2D eigenvalue weighted by Crippen LogP contribution is 2.34. The lowest BCUT2D eigenvalue weighted by Crippen LogP contribution is -2.45. The Kier molecular flexibility index (Phi) is 7.14. The van der Waals surface area contributed by atoms with Crippen molar-refractivity contribution in [2.24, 2.45) is 0 Å². The van der Waals surface area contributed by atoms with Gasteiger partial charge >= 0.3 is 6.09 Å². The largest absolute Gasteiger partial charge is 0.497 e. The second kappa shape index (κ2) is 9.86. The minimum Gasteiger partial charge on any atom is -0.497 e. The molecular formula is C25H26N2O7. The third-order valence-corrected chi connectivity index (χ3v) is 5.32. The first-order chi connectivity index (χ1) is 16.0. The Morgan fingerprint density at radius 2 is 1.71 bits per heavy atom. The van der Waals surface area contributed by atoms with E-state index in [1.165, 1.54) is 37.5 Å². The monoisotopic (exact) mass is 466 g/mol. The minimum absolute atomic E-state index is 0.0499. The van der Waals surface area contributed by atoms with Gasteiger partial charge in [-0.05, 0) is 50.6 Å². The Labute approximate surface area is 197 Å². The summed E-state index contributed by atoms with van der Waals surface area (Å²) in [6.07, 6.45) is 1.95. The molecule has 0 aromatic heterocycles. The van der Waals surface area contributed by atoms with Crippen molar-refractivity contribution in [1.82, 2.24) is 4.90 Å². The summed E-state index contributed by atoms with van der Waals surface area (Å²) in [4.78, 5) is 50.1. The van der Waals surface area contributed by atoms with Gasteiger partial charge in [-0.3, -0.25) is 19.7 Å². The predicted molar refractivity (Wildman–Crippen MR) is 124 cm³/mol. The van der Waals surface area contributed by atoms with Crippen LogP contribution in [0.3, 0.4) is 0 Å². The van der Waals surface area contributed by atoms with Crippen LogP contribution in [-0.4, -0.2) is 46.4 Å². The zero-order valence-electron chi connectivity index (χ0n) is 19.4. The Morgan fingerprint density at radius 3 is 2.24 bits per heavy atom. The van der Waals surface area contributed by atoms with Gasteiger partial charge in [-0.25, -0.2) is 9.69 Å². The Hall–Kier alpha value is -4.01. The average molecular weight is 466 g/mol. The van der Waals surface area contributed by atoms with E-state index in [1.807, 2.05) is 0 Å². The van der Waals surface area contributed by atoms with Gasteiger partial charge < -0.3 is 9.47 Å². The molecule has 2 amide bonds. The maximum Gasteiger partial charge on any atom is 0.417 e. The molecule has 0 saturated carbocycles. The molecule has 0 fully saturated rings. The molecule has 3 rings (SSSR count). The van der Waals surface area contributed by atoms with Gasteiger partial charge in [-0.15, -0.1) is 0 Å². The zero-order valence-corrected chi connectivity index (χ0v) is 19.4. The van der Waals surface area contributed by atoms with Crippen LogP contribution in [-0.2, 0) is 9.53 Å². The summed E-state index contributed by atoms with van der Waals surface area (Å²) < 4.78 is 10.5. The van der Waals surface area contributed by atoms with Crippen LogP contribution in [0.4, 0.5) is 10.5 Å². The molecule has 0 radical (unpaired) electrons. The van der Waals surface area contributed by atoms with Gasteiger partial charge in [0.05, 0.1) is 18.1 Å². The second-order valence-electron chi connectivity index (χ2n) is 8.85. The molecule has 2 atom stereocenters. The van der Waals surface area contributed by atoms with E-state index in [-0.39, 0.29) is 17.9 Å². The van der Waals surface area contributed by atoms with Crippen LogP contribution in [0.2, 0.25) is 0 Å². The third-order valence-electron chi connectivity index (χ3n) is 5.32. The molecule has 2 aromatic carbocycles. The fourth-order valence-corrected chi connectivity index (χ4v) is 3.70. The number of nitro groups is 1. The summed E-state index contributed by atoms with van der Waals surface area (Å²) in [6.45, 7) is 5.07. The van der Waals surface area contributed by atoms with Gasteiger partial charge in [0.15, 0.2) is 5.78 Å². The Morgan fingerprint density at radius 1 is 1.09 bits per heavy atom. The third kappa shape index (κ3) is 5.67. The number of carbonyl (C=O) groups excluding carboxylic acids is 3. The first-order valence-electron chi connectivity index (χ1n) is 10.7. The number of methoxy groups -OCH3 is 1. The van der Waals surface area contributed by atoms with E-state index >= 15 is 0 Å². The van der Waals surface area contributed by atoms with Crippen molar-refractivity contribution in [2.75, 3.05) is 7.11 Å². The number of benzene rings is 2. The molecule has 9 nitrogen and oxygen atoms in total. The maximum absolute atomic E-state index is 13.2. The van der Waals surface area contributed by atoms with Gasteiger partial charge in [-0.1, -0.05) is 18.2 Å². The molecule has 0 bridgehead atoms. The number of imide groups is 1. The van der Waals surface area contributed by atoms with Gasteiger partial charge in [0, 0.05) is 36.1 Å². The minimum atomic E-state index is -0.827. The van der Waals surface area contributed by atoms with Crippen LogP contribution in [0, 0.1) is 10.1 Å². The molecule has 0 spiro atoms. The van der Waals surface area contributed by atoms with E-state index in [1.54, 1.807) is 51.1 Å². The first kappa shape index (κ1) is 24.6. The van der Waals surface area contributed by atoms with Crippen molar-refractivity contribution in [3.05, 3.63) is 81.9 Å². The molecule has 1 heterocycles. The van der Waals surface area contributed by atoms with Gasteiger partial charge in [0.1, 0.15) is 11.4 Å². The van der Waals surface area contributed by atoms with Crippen molar-refractivity contribution >= 4 is 23.5 Å². The first-order valence-corrected chi connectivity index (χ1v) is 10.7. The van der Waals surface area contributed by atoms with Crippen LogP contribution in [0.25, 0.3) is 0 Å². The van der Waals surface area contributed by atoms with Crippen LogP contribution in [0.5, 0.6) is 5.75 Å². The van der Waals surface area contributed by atoms with E-state index in [4.69, 9.17) is 9.47 Å². The smallest absolute Gasteiger partial charge is 0.417 e. The molecule has 0 unspecified atom stereocenters. The molecule has 0 aliphatic carbocycles. The molecular weight excluding hydrogens is 440 g/mol. The van der Waals surface area contributed by atoms with Crippen molar-refractivity contribution in [1.29, 1.82) is 0 Å². The van der Waals surface area contributed by atoms with Crippen LogP contribution in [0.15, 0.2) is 60.7 Å². The van der Waals surface area contributed by atoms with E-state index in [9.17, 15) is 24.5 Å². The molecule has 1 aliphatic rings. The Balaban J connectivity index is 1.97. The molecule has 2 aromatic rings. The van der Waals surface area contributed by atoms with E-state index in [0.717, 1.165) is 4.90 Å². The molecule has 178 valence electrons. The van der Waals surface area contributed by atoms with Gasteiger partial charge in [-0.2, -0.15) is 0 Å². The second-order valence-corrected chi connectivity index (χ2v) is 8.85. The number of amides is 2. The number of carbonyl (C=O) groups is 3. The van der Waals surface area contributed by atoms with Crippen LogP contribution < -0.4 is 4.74 Å². The average Bonchev–Trinajstić information content (AvgIpc) is 3.17. The van der Waals surface area contributed by atoms with Crippen LogP contribution in [0.1, 0.15) is 49.0 Å². The zero-order chi connectivity index (χ0) is 25.0. The number of Topliss-reactive ketones (excluding diaryl/α,β-unsaturated/α-hetero) is 1. The predicted octanol–water partition coefficient (Wildman–Crippen LogP) is 4.66. The molecule has 0 saturated heterocycles. The van der Waals surface area contributed by atoms with Crippen molar-refractivity contribution in [3.8, 4) is 5.75 Å². The summed E-state index contributed by atoms with van der Waals surface area (Å²) in [7, 11) is 1.52. The number of nitrogens with zero attached hydrogens (tertiary/aromatic N) is 2. The normalized spacial score (nSPS) is 16.3. The fourth-order valence-electron chi connectivity index (χ4n) is 3.70. The molecule has 0 N–H and O–H groups in total. The van der Waals surface area contributed by atoms with Gasteiger partial charge in [0.2, 0.25) is 0 Å². The van der Waals surface area contributed by atoms with E-state index in [0.29, 0.717) is 16.9 Å². The molecule has 1 aliphatic heterocycles. The highest BCUT2D eigenvalue weighted by molar-refractivity contribution is 6.02. The standard InChI is InChI=1S/C25H26N2O7/c1-25(2,3)34-24(30)26-21(13-14-23(26)29)20(16-5-9-18(10-6-16)27(31)32)15-22(28)17-7-11-19(33-4)12-8-17/h5-14,20-21H,15H2,1-4H3/t20-,21+/m0/s1. The summed E-state index contributed by atoms with van der Waals surface area (Å²) in [5, 5.41) is 11.1. The number of nitro benzene ring substituents is 1. The van der Waals surface area contributed by atoms with Crippen molar-refractivity contribution in [2.45, 2.75) is 44.8 Å². The van der Waals surface area contributed by atoms with Crippen LogP contribution >= 0.6 is 0 Å². The summed E-state index contributed by atoms with van der Waals surface area (Å²) in [5.41, 5.74) is 0.0768. The fraction of sp³-hybridized carbons (Fsp3) is 0.320. The summed E-state index contributed by atoms with van der Waals surface area (Å²) >= 11 is 0. The maximum atomic E-state index is 13.2. The number of hydrogen-bond acceptors (Lipinski definition) is 7. The van der Waals surface area contributed by atoms with Crippen molar-refractivity contribution in [3.63, 3.8) is 0 Å². The number of rotatable bonds is 7.